The summed E-state index contributed by atoms with van der Waals surface area (Å²) < 4.78 is 0. The highest BCUT2D eigenvalue weighted by Crippen LogP contribution is 2.29. The lowest BCUT2D eigenvalue weighted by Crippen LogP contribution is -2.42. The summed E-state index contributed by atoms with van der Waals surface area (Å²) in [5.41, 5.74) is 5.96. The van der Waals surface area contributed by atoms with E-state index in [-0.39, 0.29) is 12.6 Å². The zero-order valence-electron chi connectivity index (χ0n) is 8.08. The number of hydrogen-bond acceptors (Lipinski definition) is 3. The minimum Gasteiger partial charge on any atom is -0.395 e. The largest absolute Gasteiger partial charge is 0.395 e. The number of nitrogens with zero attached hydrogens (tertiary/aromatic N) is 1. The molecule has 1 unspecified atom stereocenters. The molecule has 1 aliphatic heterocycles. The van der Waals surface area contributed by atoms with Gasteiger partial charge in [0.05, 0.1) is 6.61 Å². The van der Waals surface area contributed by atoms with Crippen LogP contribution in [-0.4, -0.2) is 42.3 Å². The van der Waals surface area contributed by atoms with E-state index in [0.717, 1.165) is 13.1 Å². The molecule has 0 saturated carbocycles. The third-order valence-corrected chi connectivity index (χ3v) is 2.71. The third-order valence-electron chi connectivity index (χ3n) is 2.71. The van der Waals surface area contributed by atoms with Crippen molar-refractivity contribution in [1.29, 1.82) is 0 Å². The van der Waals surface area contributed by atoms with Gasteiger partial charge in [0.1, 0.15) is 0 Å². The first-order chi connectivity index (χ1) is 5.59. The van der Waals surface area contributed by atoms with Crippen molar-refractivity contribution in [3.05, 3.63) is 0 Å². The zero-order valence-corrected chi connectivity index (χ0v) is 8.08. The van der Waals surface area contributed by atoms with Gasteiger partial charge >= 0.3 is 0 Å². The van der Waals surface area contributed by atoms with Crippen LogP contribution in [-0.2, 0) is 0 Å². The van der Waals surface area contributed by atoms with E-state index in [2.05, 4.69) is 18.7 Å². The molecule has 1 fully saturated rings. The first-order valence-corrected chi connectivity index (χ1v) is 4.64. The highest BCUT2D eigenvalue weighted by molar-refractivity contribution is 4.86. The Labute approximate surface area is 74.5 Å². The monoisotopic (exact) mass is 172 g/mol. The molecule has 0 aliphatic carbocycles. The quantitative estimate of drug-likeness (QED) is 0.632. The van der Waals surface area contributed by atoms with Gasteiger partial charge in [0.2, 0.25) is 0 Å². The predicted octanol–water partition coefficient (Wildman–Crippen LogP) is 0.0379. The van der Waals surface area contributed by atoms with Crippen molar-refractivity contribution < 1.29 is 5.11 Å². The van der Waals surface area contributed by atoms with Gasteiger partial charge in [-0.05, 0) is 18.4 Å². The van der Waals surface area contributed by atoms with E-state index in [0.29, 0.717) is 12.0 Å². The molecule has 3 heteroatoms. The Morgan fingerprint density at radius 1 is 1.58 bits per heavy atom. The summed E-state index contributed by atoms with van der Waals surface area (Å²) in [6.07, 6.45) is 1.21. The molecule has 3 nitrogen and oxygen atoms in total. The fourth-order valence-corrected chi connectivity index (χ4v) is 1.80. The lowest BCUT2D eigenvalue weighted by atomic mass is 9.93. The molecule has 0 amide bonds. The Morgan fingerprint density at radius 3 is 2.58 bits per heavy atom. The Bertz CT molecular complexity index is 143. The molecule has 1 heterocycles. The first-order valence-electron chi connectivity index (χ1n) is 4.64. The van der Waals surface area contributed by atoms with E-state index in [9.17, 15) is 0 Å². The van der Waals surface area contributed by atoms with Crippen LogP contribution in [0.2, 0.25) is 0 Å². The van der Waals surface area contributed by atoms with Crippen molar-refractivity contribution in [3.63, 3.8) is 0 Å². The molecule has 0 spiro atoms. The standard InChI is InChI=1S/C9H20N2O/c1-9(2)3-4-11(7-9)8(5-10)6-12/h8,12H,3-7,10H2,1-2H3. The number of aliphatic hydroxyl groups excluding tert-OH is 1. The molecular formula is C9H20N2O. The maximum Gasteiger partial charge on any atom is 0.0599 e. The Balaban J connectivity index is 2.45. The molecule has 1 saturated heterocycles. The van der Waals surface area contributed by atoms with E-state index < -0.39 is 0 Å². The lowest BCUT2D eigenvalue weighted by molar-refractivity contribution is 0.141. The second-order valence-electron chi connectivity index (χ2n) is 4.46. The van der Waals surface area contributed by atoms with Gasteiger partial charge in [-0.2, -0.15) is 0 Å². The smallest absolute Gasteiger partial charge is 0.0599 e. The fourth-order valence-electron chi connectivity index (χ4n) is 1.80. The lowest BCUT2D eigenvalue weighted by Gasteiger charge is -2.26. The maximum atomic E-state index is 9.03. The van der Waals surface area contributed by atoms with Gasteiger partial charge in [-0.15, -0.1) is 0 Å². The van der Waals surface area contributed by atoms with Crippen molar-refractivity contribution in [2.24, 2.45) is 11.1 Å². The highest BCUT2D eigenvalue weighted by Gasteiger charge is 2.32. The van der Waals surface area contributed by atoms with Gasteiger partial charge < -0.3 is 10.8 Å². The van der Waals surface area contributed by atoms with E-state index in [1.54, 1.807) is 0 Å². The Kier molecular flexibility index (Phi) is 3.09. The minimum absolute atomic E-state index is 0.173. The van der Waals surface area contributed by atoms with Gasteiger partial charge in [0, 0.05) is 19.1 Å². The van der Waals surface area contributed by atoms with Crippen molar-refractivity contribution in [2.45, 2.75) is 26.3 Å². The molecule has 1 rings (SSSR count). The predicted molar refractivity (Wildman–Crippen MR) is 49.9 cm³/mol. The molecule has 0 aromatic carbocycles. The fraction of sp³-hybridized carbons (Fsp3) is 1.00. The summed E-state index contributed by atoms with van der Waals surface area (Å²) in [6, 6.07) is 0.173. The molecule has 0 aromatic heterocycles. The molecule has 3 N–H and O–H groups in total. The topological polar surface area (TPSA) is 49.5 Å². The maximum absolute atomic E-state index is 9.03. The van der Waals surface area contributed by atoms with Crippen LogP contribution in [0.3, 0.4) is 0 Å². The summed E-state index contributed by atoms with van der Waals surface area (Å²) in [5, 5.41) is 9.03. The summed E-state index contributed by atoms with van der Waals surface area (Å²) in [7, 11) is 0. The summed E-state index contributed by atoms with van der Waals surface area (Å²) in [5.74, 6) is 0. The average Bonchev–Trinajstić information content (AvgIpc) is 2.34. The van der Waals surface area contributed by atoms with E-state index in [4.69, 9.17) is 10.8 Å². The van der Waals surface area contributed by atoms with Crippen LogP contribution in [0.15, 0.2) is 0 Å². The first kappa shape index (κ1) is 9.96. The van der Waals surface area contributed by atoms with Gasteiger partial charge in [0.15, 0.2) is 0 Å². The number of aliphatic hydroxyl groups is 1. The minimum atomic E-state index is 0.173. The van der Waals surface area contributed by atoms with Gasteiger partial charge in [0.25, 0.3) is 0 Å². The molecule has 0 radical (unpaired) electrons. The van der Waals surface area contributed by atoms with Crippen LogP contribution in [0.1, 0.15) is 20.3 Å². The van der Waals surface area contributed by atoms with Crippen LogP contribution < -0.4 is 5.73 Å². The summed E-state index contributed by atoms with van der Waals surface area (Å²) in [6.45, 7) is 7.42. The van der Waals surface area contributed by atoms with Gasteiger partial charge in [-0.1, -0.05) is 13.8 Å². The number of nitrogens with two attached hydrogens (primary N) is 1. The molecule has 0 aromatic rings. The van der Waals surface area contributed by atoms with Crippen LogP contribution in [0.4, 0.5) is 0 Å². The van der Waals surface area contributed by atoms with Crippen molar-refractivity contribution in [1.82, 2.24) is 4.90 Å². The second-order valence-corrected chi connectivity index (χ2v) is 4.46. The number of hydrogen-bond donors (Lipinski definition) is 2. The zero-order chi connectivity index (χ0) is 9.19. The third kappa shape index (κ3) is 2.19. The van der Waals surface area contributed by atoms with Crippen LogP contribution in [0, 0.1) is 5.41 Å². The van der Waals surface area contributed by atoms with Crippen LogP contribution in [0.5, 0.6) is 0 Å². The SMILES string of the molecule is CC1(C)CCN(C(CN)CO)C1. The van der Waals surface area contributed by atoms with Gasteiger partial charge in [-0.3, -0.25) is 4.90 Å². The van der Waals surface area contributed by atoms with Gasteiger partial charge in [-0.25, -0.2) is 0 Å². The van der Waals surface area contributed by atoms with Crippen molar-refractivity contribution in [2.75, 3.05) is 26.2 Å². The highest BCUT2D eigenvalue weighted by atomic mass is 16.3. The Hall–Kier alpha value is -0.120. The molecule has 0 bridgehead atoms. The van der Waals surface area contributed by atoms with E-state index in [1.807, 2.05) is 0 Å². The number of likely N-dealkylation sites (tertiary alicyclic amines) is 1. The average molecular weight is 172 g/mol. The Morgan fingerprint density at radius 2 is 2.25 bits per heavy atom. The molecular weight excluding hydrogens is 152 g/mol. The molecule has 72 valence electrons. The van der Waals surface area contributed by atoms with Crippen molar-refractivity contribution >= 4 is 0 Å². The van der Waals surface area contributed by atoms with E-state index >= 15 is 0 Å². The van der Waals surface area contributed by atoms with Crippen LogP contribution >= 0.6 is 0 Å². The summed E-state index contributed by atoms with van der Waals surface area (Å²) in [4.78, 5) is 2.29. The number of rotatable bonds is 3. The summed E-state index contributed by atoms with van der Waals surface area (Å²) >= 11 is 0. The normalized spacial score (nSPS) is 26.0. The van der Waals surface area contributed by atoms with Crippen molar-refractivity contribution in [3.8, 4) is 0 Å². The second kappa shape index (κ2) is 3.73. The van der Waals surface area contributed by atoms with Crippen LogP contribution in [0.25, 0.3) is 0 Å². The van der Waals surface area contributed by atoms with E-state index in [1.165, 1.54) is 6.42 Å². The molecule has 1 aliphatic rings. The molecule has 12 heavy (non-hydrogen) atoms. The molecule has 1 atom stereocenters.